The summed E-state index contributed by atoms with van der Waals surface area (Å²) in [5, 5.41) is 8.63. The molecule has 1 heteroatoms. The van der Waals surface area contributed by atoms with Gasteiger partial charge in [-0.1, -0.05) is 50.3 Å². The van der Waals surface area contributed by atoms with Gasteiger partial charge in [0.15, 0.2) is 0 Å². The van der Waals surface area contributed by atoms with Gasteiger partial charge in [0, 0.05) is 0 Å². The van der Waals surface area contributed by atoms with Gasteiger partial charge in [-0.2, -0.15) is 0 Å². The molecule has 0 heterocycles. The molecule has 0 spiro atoms. The summed E-state index contributed by atoms with van der Waals surface area (Å²) in [6.45, 7) is 0. The lowest BCUT2D eigenvalue weighted by atomic mass is 10.0. The van der Waals surface area contributed by atoms with E-state index >= 15 is 0 Å². The van der Waals surface area contributed by atoms with E-state index in [4.69, 9.17) is 5.11 Å². The second kappa shape index (κ2) is 6.53. The third-order valence-corrected chi connectivity index (χ3v) is 2.07. The van der Waals surface area contributed by atoms with Crippen molar-refractivity contribution in [3.05, 3.63) is 36.8 Å². The minimum absolute atomic E-state index is 0.322. The zero-order chi connectivity index (χ0) is 9.36. The second-order valence-corrected chi connectivity index (χ2v) is 3.26. The monoisotopic (exact) mass is 177 g/mol. The summed E-state index contributed by atoms with van der Waals surface area (Å²) in [5.41, 5.74) is 0. The number of rotatable bonds is 0. The number of phenolic OH excluding ortho intramolecular Hbond substituents is 1. The molecule has 0 aromatic heterocycles. The number of hydrogen-bond acceptors (Lipinski definition) is 1. The van der Waals surface area contributed by atoms with Crippen LogP contribution in [-0.4, -0.2) is 5.11 Å². The molecule has 1 aliphatic carbocycles. The molecule has 0 amide bonds. The van der Waals surface area contributed by atoms with Crippen molar-refractivity contribution in [2.24, 2.45) is 0 Å². The second-order valence-electron chi connectivity index (χ2n) is 3.26. The fraction of sp³-hybridized carbons (Fsp3) is 0.417. The van der Waals surface area contributed by atoms with E-state index in [-0.39, 0.29) is 0 Å². The lowest BCUT2D eigenvalue weighted by molar-refractivity contribution is 0.475. The van der Waals surface area contributed by atoms with Crippen LogP contribution in [0.3, 0.4) is 0 Å². The fourth-order valence-electron chi connectivity index (χ4n) is 1.33. The Labute approximate surface area is 80.4 Å². The van der Waals surface area contributed by atoms with Gasteiger partial charge in [0.25, 0.3) is 0 Å². The summed E-state index contributed by atoms with van der Waals surface area (Å²) in [7, 11) is 0. The van der Waals surface area contributed by atoms with Gasteiger partial charge < -0.3 is 5.11 Å². The zero-order valence-corrected chi connectivity index (χ0v) is 7.95. The Kier molecular flexibility index (Phi) is 5.07. The van der Waals surface area contributed by atoms with Crippen LogP contribution in [0.25, 0.3) is 0 Å². The Morgan fingerprint density at radius 3 is 1.69 bits per heavy atom. The van der Waals surface area contributed by atoms with Crippen molar-refractivity contribution in [2.45, 2.75) is 32.1 Å². The van der Waals surface area contributed by atoms with E-state index in [0.29, 0.717) is 5.75 Å². The van der Waals surface area contributed by atoms with Crippen molar-refractivity contribution in [1.82, 2.24) is 0 Å². The molecule has 1 aromatic carbocycles. The van der Waals surface area contributed by atoms with Crippen molar-refractivity contribution >= 4 is 0 Å². The highest BCUT2D eigenvalue weighted by molar-refractivity contribution is 5.18. The number of para-hydroxylation sites is 1. The molecule has 13 heavy (non-hydrogen) atoms. The molecule has 0 bridgehead atoms. The van der Waals surface area contributed by atoms with E-state index < -0.39 is 0 Å². The smallest absolute Gasteiger partial charge is 0.115 e. The Morgan fingerprint density at radius 2 is 1.46 bits per heavy atom. The fourth-order valence-corrected chi connectivity index (χ4v) is 1.33. The molecular weight excluding hydrogens is 160 g/mol. The van der Waals surface area contributed by atoms with Crippen LogP contribution in [0.5, 0.6) is 5.75 Å². The van der Waals surface area contributed by atoms with Gasteiger partial charge in [0.1, 0.15) is 5.75 Å². The molecular formula is C12H17O. The molecule has 1 radical (unpaired) electrons. The third-order valence-electron chi connectivity index (χ3n) is 2.07. The van der Waals surface area contributed by atoms with Crippen LogP contribution in [0.2, 0.25) is 0 Å². The van der Waals surface area contributed by atoms with E-state index in [0.717, 1.165) is 0 Å². The maximum absolute atomic E-state index is 8.63. The van der Waals surface area contributed by atoms with Gasteiger partial charge in [-0.05, 0) is 18.6 Å². The van der Waals surface area contributed by atoms with Gasteiger partial charge in [0.2, 0.25) is 0 Å². The standard InChI is InChI=1S/C6H6O.C6H11/c7-6-4-2-1-3-5-6;1-2-4-6-5-3-1/h1-5,7H;1H,2-6H2. The van der Waals surface area contributed by atoms with Gasteiger partial charge >= 0.3 is 0 Å². The third kappa shape index (κ3) is 5.29. The lowest BCUT2D eigenvalue weighted by Gasteiger charge is -2.05. The van der Waals surface area contributed by atoms with E-state index in [1.54, 1.807) is 24.3 Å². The summed E-state index contributed by atoms with van der Waals surface area (Å²) in [4.78, 5) is 0. The normalized spacial score (nSPS) is 15.7. The average molecular weight is 177 g/mol. The number of hydrogen-bond donors (Lipinski definition) is 1. The van der Waals surface area contributed by atoms with Crippen LogP contribution in [0, 0.1) is 6.42 Å². The van der Waals surface area contributed by atoms with E-state index in [1.807, 2.05) is 6.07 Å². The summed E-state index contributed by atoms with van der Waals surface area (Å²) < 4.78 is 0. The molecule has 0 unspecified atom stereocenters. The van der Waals surface area contributed by atoms with E-state index in [1.165, 1.54) is 32.1 Å². The summed E-state index contributed by atoms with van der Waals surface area (Å²) >= 11 is 0. The van der Waals surface area contributed by atoms with Crippen molar-refractivity contribution < 1.29 is 5.11 Å². The maximum Gasteiger partial charge on any atom is 0.115 e. The molecule has 1 saturated carbocycles. The molecule has 71 valence electrons. The quantitative estimate of drug-likeness (QED) is 0.642. The molecule has 0 saturated heterocycles. The maximum atomic E-state index is 8.63. The zero-order valence-electron chi connectivity index (χ0n) is 7.95. The molecule has 1 nitrogen and oxygen atoms in total. The van der Waals surface area contributed by atoms with Crippen molar-refractivity contribution in [3.63, 3.8) is 0 Å². The predicted octanol–water partition coefficient (Wildman–Crippen LogP) is 3.55. The summed E-state index contributed by atoms with van der Waals surface area (Å²) in [6.07, 6.45) is 9.50. The first-order chi connectivity index (χ1) is 6.39. The molecule has 2 rings (SSSR count). The highest BCUT2D eigenvalue weighted by atomic mass is 16.3. The van der Waals surface area contributed by atoms with Crippen LogP contribution in [0.4, 0.5) is 0 Å². The molecule has 0 aliphatic heterocycles. The van der Waals surface area contributed by atoms with Crippen molar-refractivity contribution in [3.8, 4) is 5.75 Å². The van der Waals surface area contributed by atoms with Crippen LogP contribution >= 0.6 is 0 Å². The van der Waals surface area contributed by atoms with E-state index in [2.05, 4.69) is 6.42 Å². The van der Waals surface area contributed by atoms with Crippen LogP contribution in [0.15, 0.2) is 30.3 Å². The largest absolute Gasteiger partial charge is 0.508 e. The van der Waals surface area contributed by atoms with Gasteiger partial charge in [-0.3, -0.25) is 0 Å². The Bertz CT molecular complexity index is 190. The topological polar surface area (TPSA) is 20.2 Å². The minimum atomic E-state index is 0.322. The SMILES string of the molecule is Oc1ccccc1.[CH]1CCCCC1. The van der Waals surface area contributed by atoms with Gasteiger partial charge in [0.05, 0.1) is 0 Å². The lowest BCUT2D eigenvalue weighted by Crippen LogP contribution is -1.87. The number of phenols is 1. The van der Waals surface area contributed by atoms with Crippen LogP contribution in [0.1, 0.15) is 32.1 Å². The van der Waals surface area contributed by atoms with Crippen LogP contribution in [-0.2, 0) is 0 Å². The Balaban J connectivity index is 0.000000132. The van der Waals surface area contributed by atoms with Gasteiger partial charge in [-0.15, -0.1) is 0 Å². The Morgan fingerprint density at radius 1 is 0.846 bits per heavy atom. The Hall–Kier alpha value is -0.980. The molecule has 0 atom stereocenters. The molecule has 1 fully saturated rings. The molecule has 1 aromatic rings. The summed E-state index contributed by atoms with van der Waals surface area (Å²) in [5.74, 6) is 0.322. The van der Waals surface area contributed by atoms with Crippen LogP contribution < -0.4 is 0 Å². The average Bonchev–Trinajstić information content (AvgIpc) is 2.22. The number of aromatic hydroxyl groups is 1. The highest BCUT2D eigenvalue weighted by Gasteiger charge is 1.95. The first kappa shape index (κ1) is 10.1. The number of benzene rings is 1. The minimum Gasteiger partial charge on any atom is -0.508 e. The van der Waals surface area contributed by atoms with E-state index in [9.17, 15) is 0 Å². The first-order valence-electron chi connectivity index (χ1n) is 4.95. The first-order valence-corrected chi connectivity index (χ1v) is 4.95. The van der Waals surface area contributed by atoms with Crippen molar-refractivity contribution in [1.29, 1.82) is 0 Å². The molecule has 1 aliphatic rings. The van der Waals surface area contributed by atoms with Gasteiger partial charge in [-0.25, -0.2) is 0 Å². The van der Waals surface area contributed by atoms with Crippen molar-refractivity contribution in [2.75, 3.05) is 0 Å². The molecule has 1 N–H and O–H groups in total. The highest BCUT2D eigenvalue weighted by Crippen LogP contribution is 2.14. The summed E-state index contributed by atoms with van der Waals surface area (Å²) in [6, 6.07) is 8.71. The predicted molar refractivity (Wildman–Crippen MR) is 55.5 cm³/mol.